The summed E-state index contributed by atoms with van der Waals surface area (Å²) >= 11 is 3.60. The second kappa shape index (κ2) is 4.82. The fourth-order valence-corrected chi connectivity index (χ4v) is 2.74. The van der Waals surface area contributed by atoms with Crippen LogP contribution in [0.25, 0.3) is 0 Å². The van der Waals surface area contributed by atoms with Crippen LogP contribution in [0.1, 0.15) is 0 Å². The van der Waals surface area contributed by atoms with Gasteiger partial charge in [0.15, 0.2) is 0 Å². The molecule has 0 unspecified atom stereocenters. The monoisotopic (exact) mass is 213 g/mol. The van der Waals surface area contributed by atoms with Gasteiger partial charge in [0.1, 0.15) is 0 Å². The maximum absolute atomic E-state index is 2.18. The van der Waals surface area contributed by atoms with Gasteiger partial charge in [-0.1, -0.05) is 6.07 Å². The standard InChI is InChI=1S/C10H15NS2/c1-11(2)10-8(12-3)6-5-7-9(10)13-4/h5-7H,1-4H3. The van der Waals surface area contributed by atoms with Crippen LogP contribution in [0.5, 0.6) is 0 Å². The highest BCUT2D eigenvalue weighted by molar-refractivity contribution is 7.99. The van der Waals surface area contributed by atoms with Gasteiger partial charge in [-0.2, -0.15) is 0 Å². The third-order valence-corrected chi connectivity index (χ3v) is 3.39. The van der Waals surface area contributed by atoms with E-state index < -0.39 is 0 Å². The molecule has 1 aromatic rings. The molecule has 0 amide bonds. The van der Waals surface area contributed by atoms with Gasteiger partial charge in [-0.3, -0.25) is 0 Å². The fraction of sp³-hybridized carbons (Fsp3) is 0.400. The molecule has 0 spiro atoms. The van der Waals surface area contributed by atoms with Gasteiger partial charge in [0.25, 0.3) is 0 Å². The molecule has 1 rings (SSSR count). The van der Waals surface area contributed by atoms with Crippen LogP contribution in [0, 0.1) is 0 Å². The summed E-state index contributed by atoms with van der Waals surface area (Å²) in [4.78, 5) is 4.87. The second-order valence-electron chi connectivity index (χ2n) is 2.91. The van der Waals surface area contributed by atoms with E-state index in [-0.39, 0.29) is 0 Å². The molecule has 0 N–H and O–H groups in total. The average molecular weight is 213 g/mol. The number of nitrogens with zero attached hydrogens (tertiary/aromatic N) is 1. The Hall–Kier alpha value is -0.280. The smallest absolute Gasteiger partial charge is 0.0637 e. The van der Waals surface area contributed by atoms with Crippen LogP contribution < -0.4 is 4.90 Å². The summed E-state index contributed by atoms with van der Waals surface area (Å²) in [5.74, 6) is 0. The normalized spacial score (nSPS) is 10.2. The molecule has 0 bridgehead atoms. The van der Waals surface area contributed by atoms with E-state index in [1.54, 1.807) is 23.5 Å². The lowest BCUT2D eigenvalue weighted by molar-refractivity contribution is 1.06. The van der Waals surface area contributed by atoms with E-state index in [0.29, 0.717) is 0 Å². The molecule has 0 radical (unpaired) electrons. The first-order valence-corrected chi connectivity index (χ1v) is 6.54. The number of hydrogen-bond donors (Lipinski definition) is 0. The van der Waals surface area contributed by atoms with Crippen LogP contribution in [0.4, 0.5) is 5.69 Å². The number of benzene rings is 1. The van der Waals surface area contributed by atoms with Gasteiger partial charge >= 0.3 is 0 Å². The molecule has 0 aliphatic heterocycles. The summed E-state index contributed by atoms with van der Waals surface area (Å²) in [5, 5.41) is 0. The molecular formula is C10H15NS2. The molecule has 1 nitrogen and oxygen atoms in total. The van der Waals surface area contributed by atoms with E-state index >= 15 is 0 Å². The Kier molecular flexibility index (Phi) is 4.00. The van der Waals surface area contributed by atoms with E-state index in [1.807, 2.05) is 0 Å². The van der Waals surface area contributed by atoms with Crippen molar-refractivity contribution in [3.8, 4) is 0 Å². The SMILES string of the molecule is CSc1cccc(SC)c1N(C)C. The van der Waals surface area contributed by atoms with Gasteiger partial charge in [0.05, 0.1) is 5.69 Å². The minimum atomic E-state index is 1.34. The summed E-state index contributed by atoms with van der Waals surface area (Å²) in [7, 11) is 4.18. The lowest BCUT2D eigenvalue weighted by Crippen LogP contribution is -2.10. The molecule has 0 aromatic heterocycles. The largest absolute Gasteiger partial charge is 0.376 e. The highest BCUT2D eigenvalue weighted by atomic mass is 32.2. The van der Waals surface area contributed by atoms with Crippen LogP contribution in [-0.2, 0) is 0 Å². The van der Waals surface area contributed by atoms with Gasteiger partial charge in [-0.15, -0.1) is 23.5 Å². The molecule has 1 aromatic carbocycles. The van der Waals surface area contributed by atoms with Gasteiger partial charge in [-0.25, -0.2) is 0 Å². The molecule has 0 saturated carbocycles. The van der Waals surface area contributed by atoms with Crippen LogP contribution in [-0.4, -0.2) is 26.6 Å². The predicted octanol–water partition coefficient (Wildman–Crippen LogP) is 3.20. The van der Waals surface area contributed by atoms with Crippen LogP contribution in [0.2, 0.25) is 0 Å². The number of anilines is 1. The fourth-order valence-electron chi connectivity index (χ4n) is 1.27. The zero-order valence-corrected chi connectivity index (χ0v) is 10.1. The Morgan fingerprint density at radius 1 is 1.00 bits per heavy atom. The van der Waals surface area contributed by atoms with Crippen molar-refractivity contribution in [3.05, 3.63) is 18.2 Å². The number of thioether (sulfide) groups is 2. The zero-order valence-electron chi connectivity index (χ0n) is 8.50. The Morgan fingerprint density at radius 3 is 1.77 bits per heavy atom. The lowest BCUT2D eigenvalue weighted by Gasteiger charge is -2.19. The Bertz CT molecular complexity index is 262. The first-order valence-electron chi connectivity index (χ1n) is 4.09. The summed E-state index contributed by atoms with van der Waals surface area (Å²) in [6, 6.07) is 6.45. The van der Waals surface area contributed by atoms with Crippen molar-refractivity contribution in [2.75, 3.05) is 31.5 Å². The number of hydrogen-bond acceptors (Lipinski definition) is 3. The first-order chi connectivity index (χ1) is 6.20. The summed E-state index contributed by atoms with van der Waals surface area (Å²) in [6.07, 6.45) is 4.24. The second-order valence-corrected chi connectivity index (χ2v) is 4.60. The topological polar surface area (TPSA) is 3.24 Å². The summed E-state index contributed by atoms with van der Waals surface area (Å²) in [6.45, 7) is 0. The Balaban J connectivity index is 3.21. The highest BCUT2D eigenvalue weighted by Gasteiger charge is 2.08. The van der Waals surface area contributed by atoms with Crippen molar-refractivity contribution < 1.29 is 0 Å². The van der Waals surface area contributed by atoms with Crippen molar-refractivity contribution >= 4 is 29.2 Å². The minimum Gasteiger partial charge on any atom is -0.376 e. The maximum Gasteiger partial charge on any atom is 0.0637 e. The molecule has 0 saturated heterocycles. The first kappa shape index (κ1) is 10.8. The Morgan fingerprint density at radius 2 is 1.46 bits per heavy atom. The van der Waals surface area contributed by atoms with E-state index in [9.17, 15) is 0 Å². The van der Waals surface area contributed by atoms with E-state index in [4.69, 9.17) is 0 Å². The Labute approximate surface area is 88.9 Å². The zero-order chi connectivity index (χ0) is 9.84. The van der Waals surface area contributed by atoms with Crippen LogP contribution in [0.15, 0.2) is 28.0 Å². The van der Waals surface area contributed by atoms with Crippen molar-refractivity contribution in [1.29, 1.82) is 0 Å². The quantitative estimate of drug-likeness (QED) is 0.710. The van der Waals surface area contributed by atoms with Gasteiger partial charge in [0, 0.05) is 23.9 Å². The molecule has 0 fully saturated rings. The minimum absolute atomic E-state index is 1.34. The van der Waals surface area contributed by atoms with Crippen molar-refractivity contribution in [2.45, 2.75) is 9.79 Å². The number of para-hydroxylation sites is 1. The third kappa shape index (κ3) is 2.35. The third-order valence-electron chi connectivity index (χ3n) is 1.85. The molecule has 3 heteroatoms. The van der Waals surface area contributed by atoms with Crippen molar-refractivity contribution in [1.82, 2.24) is 0 Å². The van der Waals surface area contributed by atoms with E-state index in [1.165, 1.54) is 15.5 Å². The van der Waals surface area contributed by atoms with Gasteiger partial charge in [0.2, 0.25) is 0 Å². The van der Waals surface area contributed by atoms with Crippen LogP contribution in [0.3, 0.4) is 0 Å². The molecule has 0 heterocycles. The molecule has 0 aliphatic rings. The maximum atomic E-state index is 2.18. The highest BCUT2D eigenvalue weighted by Crippen LogP contribution is 2.35. The molecule has 72 valence electrons. The van der Waals surface area contributed by atoms with Gasteiger partial charge < -0.3 is 4.90 Å². The molecular weight excluding hydrogens is 198 g/mol. The van der Waals surface area contributed by atoms with E-state index in [0.717, 1.165) is 0 Å². The summed E-state index contributed by atoms with van der Waals surface area (Å²) < 4.78 is 0. The van der Waals surface area contributed by atoms with Crippen molar-refractivity contribution in [3.63, 3.8) is 0 Å². The van der Waals surface area contributed by atoms with Gasteiger partial charge in [-0.05, 0) is 24.6 Å². The molecule has 13 heavy (non-hydrogen) atoms. The van der Waals surface area contributed by atoms with E-state index in [2.05, 4.69) is 49.7 Å². The lowest BCUT2D eigenvalue weighted by atomic mass is 10.3. The molecule has 0 atom stereocenters. The van der Waals surface area contributed by atoms with Crippen molar-refractivity contribution in [2.24, 2.45) is 0 Å². The average Bonchev–Trinajstić information content (AvgIpc) is 2.16. The van der Waals surface area contributed by atoms with Crippen LogP contribution >= 0.6 is 23.5 Å². The number of rotatable bonds is 3. The summed E-state index contributed by atoms with van der Waals surface area (Å²) in [5.41, 5.74) is 1.34. The predicted molar refractivity (Wildman–Crippen MR) is 64.3 cm³/mol. The molecule has 0 aliphatic carbocycles.